The van der Waals surface area contributed by atoms with Crippen molar-refractivity contribution >= 4 is 5.91 Å². The minimum atomic E-state index is -0.552. The van der Waals surface area contributed by atoms with Crippen molar-refractivity contribution in [2.45, 2.75) is 19.1 Å². The van der Waals surface area contributed by atoms with Gasteiger partial charge in [-0.3, -0.25) is 4.79 Å². The van der Waals surface area contributed by atoms with Crippen molar-refractivity contribution < 1.29 is 14.1 Å². The zero-order valence-electron chi connectivity index (χ0n) is 14.7. The molecule has 6 heteroatoms. The zero-order chi connectivity index (χ0) is 18.8. The van der Waals surface area contributed by atoms with Gasteiger partial charge in [-0.2, -0.15) is 5.26 Å². The lowest BCUT2D eigenvalue weighted by atomic mass is 10.0. The van der Waals surface area contributed by atoms with Gasteiger partial charge >= 0.3 is 0 Å². The number of benzene rings is 2. The van der Waals surface area contributed by atoms with Crippen LogP contribution in [0.4, 0.5) is 0 Å². The molecule has 3 aromatic rings. The highest BCUT2D eigenvalue weighted by Gasteiger charge is 2.24. The smallest absolute Gasteiger partial charge is 0.252 e. The van der Waals surface area contributed by atoms with Crippen LogP contribution in [0.25, 0.3) is 22.6 Å². The average molecular weight is 359 g/mol. The fourth-order valence-electron chi connectivity index (χ4n) is 2.78. The lowest BCUT2D eigenvalue weighted by Gasteiger charge is -2.07. The van der Waals surface area contributed by atoms with Crippen LogP contribution in [-0.2, 0) is 4.74 Å². The molecule has 1 amide bonds. The Labute approximate surface area is 156 Å². The van der Waals surface area contributed by atoms with E-state index in [1.165, 1.54) is 0 Å². The van der Waals surface area contributed by atoms with E-state index < -0.39 is 6.04 Å². The first-order chi connectivity index (χ1) is 13.1. The molecule has 27 heavy (non-hydrogen) atoms. The van der Waals surface area contributed by atoms with Crippen molar-refractivity contribution in [3.8, 4) is 28.7 Å². The van der Waals surface area contributed by atoms with Crippen LogP contribution in [0.15, 0.2) is 59.1 Å². The first-order valence-corrected chi connectivity index (χ1v) is 8.63. The molecule has 0 bridgehead atoms. The van der Waals surface area contributed by atoms with Crippen LogP contribution in [0.3, 0.4) is 0 Å². The Hall–Kier alpha value is -3.43. The number of nitriles is 1. The molecule has 1 N–H and O–H groups in total. The maximum atomic E-state index is 12.2. The lowest BCUT2D eigenvalue weighted by molar-refractivity contribution is 0.0948. The lowest BCUT2D eigenvalue weighted by Crippen LogP contribution is -2.31. The third-order valence-corrected chi connectivity index (χ3v) is 4.37. The molecule has 1 aromatic heterocycles. The SMILES string of the molecule is CC(C#N)NC(=O)c1cccc(-c2cc(-c3ccc(C4CO4)cc3)on2)c1. The number of rotatable bonds is 5. The van der Waals surface area contributed by atoms with Crippen LogP contribution in [0.2, 0.25) is 0 Å². The van der Waals surface area contributed by atoms with E-state index in [1.54, 1.807) is 25.1 Å². The van der Waals surface area contributed by atoms with Gasteiger partial charge in [-0.25, -0.2) is 0 Å². The first-order valence-electron chi connectivity index (χ1n) is 8.63. The van der Waals surface area contributed by atoms with Gasteiger partial charge in [0, 0.05) is 22.8 Å². The van der Waals surface area contributed by atoms with Crippen LogP contribution in [0, 0.1) is 11.3 Å². The maximum Gasteiger partial charge on any atom is 0.252 e. The number of hydrogen-bond acceptors (Lipinski definition) is 5. The van der Waals surface area contributed by atoms with Gasteiger partial charge in [0.1, 0.15) is 17.8 Å². The summed E-state index contributed by atoms with van der Waals surface area (Å²) in [5.41, 5.74) is 3.96. The zero-order valence-corrected chi connectivity index (χ0v) is 14.7. The molecule has 0 saturated carbocycles. The van der Waals surface area contributed by atoms with E-state index in [0.29, 0.717) is 17.0 Å². The molecule has 4 rings (SSSR count). The highest BCUT2D eigenvalue weighted by molar-refractivity contribution is 5.95. The van der Waals surface area contributed by atoms with Crippen LogP contribution < -0.4 is 5.32 Å². The molecule has 1 aliphatic rings. The highest BCUT2D eigenvalue weighted by Crippen LogP contribution is 2.32. The van der Waals surface area contributed by atoms with Gasteiger partial charge in [0.05, 0.1) is 12.7 Å². The Bertz CT molecular complexity index is 1010. The van der Waals surface area contributed by atoms with Crippen LogP contribution >= 0.6 is 0 Å². The Morgan fingerprint density at radius 3 is 2.70 bits per heavy atom. The van der Waals surface area contributed by atoms with Crippen molar-refractivity contribution in [1.82, 2.24) is 10.5 Å². The largest absolute Gasteiger partial charge is 0.368 e. The average Bonchev–Trinajstić information content (AvgIpc) is 3.44. The summed E-state index contributed by atoms with van der Waals surface area (Å²) in [5.74, 6) is 0.355. The third-order valence-electron chi connectivity index (χ3n) is 4.37. The number of aromatic nitrogens is 1. The van der Waals surface area contributed by atoms with Crippen LogP contribution in [-0.4, -0.2) is 23.7 Å². The first kappa shape index (κ1) is 17.0. The molecule has 0 aliphatic carbocycles. The van der Waals surface area contributed by atoms with E-state index in [9.17, 15) is 4.79 Å². The van der Waals surface area contributed by atoms with Crippen molar-refractivity contribution in [1.29, 1.82) is 5.26 Å². The van der Waals surface area contributed by atoms with Gasteiger partial charge in [-0.05, 0) is 24.6 Å². The molecule has 2 unspecified atom stereocenters. The van der Waals surface area contributed by atoms with Crippen LogP contribution in [0.5, 0.6) is 0 Å². The molecule has 1 fully saturated rings. The predicted molar refractivity (Wildman–Crippen MR) is 98.6 cm³/mol. The van der Waals surface area contributed by atoms with E-state index in [-0.39, 0.29) is 12.0 Å². The predicted octanol–water partition coefficient (Wildman–Crippen LogP) is 3.72. The molecule has 134 valence electrons. The van der Waals surface area contributed by atoms with Gasteiger partial charge in [0.15, 0.2) is 5.76 Å². The molecular formula is C21H17N3O3. The number of epoxide rings is 1. The summed E-state index contributed by atoms with van der Waals surface area (Å²) < 4.78 is 10.8. The Kier molecular flexibility index (Phi) is 4.45. The van der Waals surface area contributed by atoms with Crippen molar-refractivity contribution in [2.24, 2.45) is 0 Å². The molecular weight excluding hydrogens is 342 g/mol. The minimum Gasteiger partial charge on any atom is -0.368 e. The fourth-order valence-corrected chi connectivity index (χ4v) is 2.78. The van der Waals surface area contributed by atoms with Gasteiger partial charge in [-0.15, -0.1) is 0 Å². The second kappa shape index (κ2) is 7.06. The number of carbonyl (C=O) groups excluding carboxylic acids is 1. The minimum absolute atomic E-state index is 0.224. The molecule has 0 radical (unpaired) electrons. The van der Waals surface area contributed by atoms with E-state index in [0.717, 1.165) is 23.3 Å². The Morgan fingerprint density at radius 2 is 2.00 bits per heavy atom. The van der Waals surface area contributed by atoms with Gasteiger partial charge in [0.25, 0.3) is 5.91 Å². The number of carbonyl (C=O) groups is 1. The van der Waals surface area contributed by atoms with Gasteiger partial charge in [-0.1, -0.05) is 41.6 Å². The maximum absolute atomic E-state index is 12.2. The van der Waals surface area contributed by atoms with E-state index >= 15 is 0 Å². The summed E-state index contributed by atoms with van der Waals surface area (Å²) in [6.45, 7) is 2.41. The summed E-state index contributed by atoms with van der Waals surface area (Å²) in [4.78, 5) is 12.2. The van der Waals surface area contributed by atoms with Crippen molar-refractivity contribution in [2.75, 3.05) is 6.61 Å². The summed E-state index contributed by atoms with van der Waals surface area (Å²) in [5, 5.41) is 15.6. The summed E-state index contributed by atoms with van der Waals surface area (Å²) in [7, 11) is 0. The van der Waals surface area contributed by atoms with Crippen molar-refractivity contribution in [3.05, 3.63) is 65.7 Å². The Morgan fingerprint density at radius 1 is 1.22 bits per heavy atom. The number of hydrogen-bond donors (Lipinski definition) is 1. The summed E-state index contributed by atoms with van der Waals surface area (Å²) >= 11 is 0. The molecule has 1 aliphatic heterocycles. The standard InChI is InChI=1S/C21H17N3O3/c1-13(11-22)23-21(25)17-4-2-3-16(9-17)18-10-19(27-24-18)14-5-7-15(8-6-14)20-12-26-20/h2-10,13,20H,12H2,1H3,(H,23,25). The molecule has 0 spiro atoms. The number of amides is 1. The van der Waals surface area contributed by atoms with Gasteiger partial charge in [0.2, 0.25) is 0 Å². The summed E-state index contributed by atoms with van der Waals surface area (Å²) in [6, 6.07) is 18.4. The highest BCUT2D eigenvalue weighted by atomic mass is 16.6. The fraction of sp³-hybridized carbons (Fsp3) is 0.190. The topological polar surface area (TPSA) is 91.5 Å². The third kappa shape index (κ3) is 3.73. The van der Waals surface area contributed by atoms with Gasteiger partial charge < -0.3 is 14.6 Å². The molecule has 2 aromatic carbocycles. The number of nitrogens with zero attached hydrogens (tertiary/aromatic N) is 2. The monoisotopic (exact) mass is 359 g/mol. The second-order valence-electron chi connectivity index (χ2n) is 6.43. The Balaban J connectivity index is 1.55. The number of ether oxygens (including phenoxy) is 1. The quantitative estimate of drug-likeness (QED) is 0.701. The van der Waals surface area contributed by atoms with E-state index in [2.05, 4.69) is 10.5 Å². The number of nitrogens with one attached hydrogen (secondary N) is 1. The second-order valence-corrected chi connectivity index (χ2v) is 6.43. The van der Waals surface area contributed by atoms with Crippen molar-refractivity contribution in [3.63, 3.8) is 0 Å². The van der Waals surface area contributed by atoms with Crippen LogP contribution in [0.1, 0.15) is 28.9 Å². The van der Waals surface area contributed by atoms with E-state index in [4.69, 9.17) is 14.5 Å². The summed E-state index contributed by atoms with van der Waals surface area (Å²) in [6.07, 6.45) is 0.224. The molecule has 2 heterocycles. The van der Waals surface area contributed by atoms with E-state index in [1.807, 2.05) is 42.5 Å². The molecule has 1 saturated heterocycles. The normalized spacial score (nSPS) is 16.4. The molecule has 2 atom stereocenters. The molecule has 6 nitrogen and oxygen atoms in total.